The number of nitrogens with one attached hydrogen (secondary N) is 1. The smallest absolute Gasteiger partial charge is 0.283 e. The van der Waals surface area contributed by atoms with Crippen molar-refractivity contribution in [2.45, 2.75) is 38.2 Å². The van der Waals surface area contributed by atoms with Gasteiger partial charge in [-0.05, 0) is 55.5 Å². The molecule has 1 aliphatic rings. The van der Waals surface area contributed by atoms with Gasteiger partial charge in [0.1, 0.15) is 17.5 Å². The highest BCUT2D eigenvalue weighted by Crippen LogP contribution is 2.38. The molecule has 1 fully saturated rings. The first-order chi connectivity index (χ1) is 17.4. The summed E-state index contributed by atoms with van der Waals surface area (Å²) < 4.78 is 35.5. The predicted octanol–water partition coefficient (Wildman–Crippen LogP) is 5.31. The minimum atomic E-state index is -1.09. The molecule has 184 valence electrons. The van der Waals surface area contributed by atoms with Gasteiger partial charge in [-0.1, -0.05) is 31.2 Å². The van der Waals surface area contributed by atoms with Crippen LogP contribution < -0.4 is 15.8 Å². The van der Waals surface area contributed by atoms with Crippen molar-refractivity contribution in [1.29, 1.82) is 0 Å². The van der Waals surface area contributed by atoms with Crippen LogP contribution in [0.2, 0.25) is 0 Å². The number of ether oxygens (including phenoxy) is 1. The summed E-state index contributed by atoms with van der Waals surface area (Å²) in [7, 11) is 0. The third-order valence-corrected chi connectivity index (χ3v) is 6.20. The number of anilines is 2. The van der Waals surface area contributed by atoms with E-state index < -0.39 is 17.6 Å². The number of carbonyl (C=O) groups is 1. The number of benzene rings is 2. The Labute approximate surface area is 205 Å². The number of hydrogen-bond acceptors (Lipinski definition) is 6. The molecule has 1 saturated carbocycles. The Bertz CT molecular complexity index is 1450. The molecule has 0 saturated heterocycles. The maximum absolute atomic E-state index is 15.2. The zero-order valence-corrected chi connectivity index (χ0v) is 19.4. The quantitative estimate of drug-likeness (QED) is 0.355. The summed E-state index contributed by atoms with van der Waals surface area (Å²) in [6.45, 7) is 2.98. The SMILES string of the molecule is C=C(F)C(=O)Nc1ccc(-c2nn3ncnc(N)c3c2-c2ccc(OC3CCCCC3)c(F)c2)cc1. The van der Waals surface area contributed by atoms with Crippen LogP contribution in [0.1, 0.15) is 32.1 Å². The molecule has 1 amide bonds. The van der Waals surface area contributed by atoms with Crippen LogP contribution in [-0.2, 0) is 4.79 Å². The maximum Gasteiger partial charge on any atom is 0.283 e. The highest BCUT2D eigenvalue weighted by molar-refractivity contribution is 6.02. The zero-order chi connectivity index (χ0) is 25.2. The summed E-state index contributed by atoms with van der Waals surface area (Å²) in [5.41, 5.74) is 9.17. The van der Waals surface area contributed by atoms with Crippen LogP contribution in [0.3, 0.4) is 0 Å². The first-order valence-corrected chi connectivity index (χ1v) is 11.6. The fourth-order valence-corrected chi connectivity index (χ4v) is 4.42. The van der Waals surface area contributed by atoms with Gasteiger partial charge in [-0.2, -0.15) is 0 Å². The van der Waals surface area contributed by atoms with Gasteiger partial charge in [-0.3, -0.25) is 4.79 Å². The van der Waals surface area contributed by atoms with E-state index in [9.17, 15) is 9.18 Å². The molecule has 4 aromatic rings. The first kappa shape index (κ1) is 23.4. The highest BCUT2D eigenvalue weighted by Gasteiger charge is 2.22. The van der Waals surface area contributed by atoms with Gasteiger partial charge >= 0.3 is 0 Å². The second-order valence-electron chi connectivity index (χ2n) is 8.67. The zero-order valence-electron chi connectivity index (χ0n) is 19.4. The second kappa shape index (κ2) is 9.73. The van der Waals surface area contributed by atoms with Gasteiger partial charge in [-0.15, -0.1) is 14.8 Å². The monoisotopic (exact) mass is 490 g/mol. The topological polar surface area (TPSA) is 107 Å². The number of carbonyl (C=O) groups excluding carboxylic acids is 1. The van der Waals surface area contributed by atoms with Crippen LogP contribution in [0.4, 0.5) is 20.3 Å². The van der Waals surface area contributed by atoms with Gasteiger partial charge in [0.05, 0.1) is 6.10 Å². The average molecular weight is 491 g/mol. The molecule has 0 unspecified atom stereocenters. The number of nitrogen functional groups attached to an aromatic ring is 1. The van der Waals surface area contributed by atoms with Crippen LogP contribution in [0.15, 0.2) is 61.2 Å². The molecule has 0 bridgehead atoms. The second-order valence-corrected chi connectivity index (χ2v) is 8.67. The number of aromatic nitrogens is 4. The van der Waals surface area contributed by atoms with Gasteiger partial charge in [0.15, 0.2) is 23.2 Å². The summed E-state index contributed by atoms with van der Waals surface area (Å²) >= 11 is 0. The van der Waals surface area contributed by atoms with Gasteiger partial charge in [0.2, 0.25) is 0 Å². The summed E-state index contributed by atoms with van der Waals surface area (Å²) in [4.78, 5) is 15.6. The Balaban J connectivity index is 1.54. The van der Waals surface area contributed by atoms with E-state index in [0.29, 0.717) is 33.6 Å². The normalized spacial score (nSPS) is 14.1. The van der Waals surface area contributed by atoms with Crippen molar-refractivity contribution in [3.63, 3.8) is 0 Å². The molecule has 3 N–H and O–H groups in total. The number of fused-ring (bicyclic) bond motifs is 1. The van der Waals surface area contributed by atoms with Crippen molar-refractivity contribution < 1.29 is 18.3 Å². The van der Waals surface area contributed by atoms with E-state index in [1.165, 1.54) is 23.4 Å². The summed E-state index contributed by atoms with van der Waals surface area (Å²) in [6.07, 6.45) is 6.49. The van der Waals surface area contributed by atoms with Gasteiger partial charge in [0.25, 0.3) is 5.91 Å². The third-order valence-electron chi connectivity index (χ3n) is 6.20. The Kier molecular flexibility index (Phi) is 6.32. The third kappa shape index (κ3) is 4.61. The van der Waals surface area contributed by atoms with Crippen LogP contribution in [0.5, 0.6) is 5.75 Å². The largest absolute Gasteiger partial charge is 0.487 e. The Hall–Kier alpha value is -4.34. The number of nitrogens with two attached hydrogens (primary N) is 1. The number of hydrogen-bond donors (Lipinski definition) is 2. The molecule has 2 heterocycles. The lowest BCUT2D eigenvalue weighted by atomic mass is 9.97. The number of nitrogens with zero attached hydrogens (tertiary/aromatic N) is 4. The molecule has 1 aliphatic carbocycles. The molecule has 0 atom stereocenters. The average Bonchev–Trinajstić information content (AvgIpc) is 3.27. The summed E-state index contributed by atoms with van der Waals surface area (Å²) in [5.74, 6) is -2.10. The van der Waals surface area contributed by atoms with E-state index in [2.05, 4.69) is 27.1 Å². The lowest BCUT2D eigenvalue weighted by Crippen LogP contribution is -2.20. The van der Waals surface area contributed by atoms with Crippen LogP contribution >= 0.6 is 0 Å². The van der Waals surface area contributed by atoms with Gasteiger partial charge in [-0.25, -0.2) is 13.8 Å². The van der Waals surface area contributed by atoms with Crippen molar-refractivity contribution in [3.05, 3.63) is 67.0 Å². The van der Waals surface area contributed by atoms with E-state index in [0.717, 1.165) is 25.7 Å². The molecule has 2 aromatic heterocycles. The molecule has 5 rings (SSSR count). The van der Waals surface area contributed by atoms with E-state index >= 15 is 4.39 Å². The standard InChI is InChI=1S/C26H24F2N6O2/c1-15(27)26(35)32-18-10-7-16(8-11-18)23-22(24-25(29)30-14-31-34(24)33-23)17-9-12-21(20(28)13-17)36-19-5-3-2-4-6-19/h7-14,19H,1-6H2,(H,32,35)(H2,29,30,31). The van der Waals surface area contributed by atoms with Gasteiger partial charge in [0, 0.05) is 16.8 Å². The lowest BCUT2D eigenvalue weighted by molar-refractivity contribution is -0.114. The first-order valence-electron chi connectivity index (χ1n) is 11.6. The van der Waals surface area contributed by atoms with Crippen LogP contribution in [-0.4, -0.2) is 31.8 Å². The molecule has 8 nitrogen and oxygen atoms in total. The van der Waals surface area contributed by atoms with E-state index in [1.54, 1.807) is 36.4 Å². The van der Waals surface area contributed by atoms with Crippen molar-refractivity contribution >= 4 is 22.9 Å². The molecule has 0 aliphatic heterocycles. The fourth-order valence-electron chi connectivity index (χ4n) is 4.42. The lowest BCUT2D eigenvalue weighted by Gasteiger charge is -2.23. The molecule has 0 spiro atoms. The van der Waals surface area contributed by atoms with Crippen molar-refractivity contribution in [1.82, 2.24) is 19.8 Å². The predicted molar refractivity (Wildman–Crippen MR) is 132 cm³/mol. The number of rotatable bonds is 6. The van der Waals surface area contributed by atoms with E-state index in [4.69, 9.17) is 10.5 Å². The Morgan fingerprint density at radius 2 is 1.83 bits per heavy atom. The van der Waals surface area contributed by atoms with Crippen LogP contribution in [0, 0.1) is 5.82 Å². The summed E-state index contributed by atoms with van der Waals surface area (Å²) in [5, 5.41) is 11.1. The molecular weight excluding hydrogens is 466 g/mol. The molecule has 36 heavy (non-hydrogen) atoms. The van der Waals surface area contributed by atoms with Crippen molar-refractivity contribution in [2.75, 3.05) is 11.1 Å². The fraction of sp³-hybridized carbons (Fsp3) is 0.231. The van der Waals surface area contributed by atoms with Crippen molar-refractivity contribution in [2.24, 2.45) is 0 Å². The van der Waals surface area contributed by atoms with Crippen molar-refractivity contribution in [3.8, 4) is 28.1 Å². The van der Waals surface area contributed by atoms with Gasteiger partial charge < -0.3 is 15.8 Å². The Morgan fingerprint density at radius 3 is 2.53 bits per heavy atom. The highest BCUT2D eigenvalue weighted by atomic mass is 19.1. The number of amides is 1. The van der Waals surface area contributed by atoms with Crippen LogP contribution in [0.25, 0.3) is 27.9 Å². The number of halogens is 2. The molecule has 2 aromatic carbocycles. The molecular formula is C26H24F2N6O2. The minimum Gasteiger partial charge on any atom is -0.487 e. The maximum atomic E-state index is 15.2. The Morgan fingerprint density at radius 1 is 1.11 bits per heavy atom. The molecule has 0 radical (unpaired) electrons. The van der Waals surface area contributed by atoms with E-state index in [1.807, 2.05) is 0 Å². The minimum absolute atomic E-state index is 0.0178. The molecule has 10 heteroatoms. The summed E-state index contributed by atoms with van der Waals surface area (Å²) in [6, 6.07) is 11.4. The van der Waals surface area contributed by atoms with E-state index in [-0.39, 0.29) is 17.7 Å².